The molecule has 62 valence electrons. The fraction of sp³-hybridized carbons (Fsp3) is 0.714. The molecule has 1 aromatic heterocycles. The summed E-state index contributed by atoms with van der Waals surface area (Å²) in [5.74, 6) is 0. The van der Waals surface area contributed by atoms with Crippen molar-refractivity contribution in [2.45, 2.75) is 32.3 Å². The minimum Gasteiger partial charge on any atom is -0.390 e. The van der Waals surface area contributed by atoms with Crippen LogP contribution in [0, 0.1) is 0 Å². The van der Waals surface area contributed by atoms with Crippen molar-refractivity contribution in [3.8, 4) is 0 Å². The van der Waals surface area contributed by atoms with Crippen LogP contribution in [0.3, 0.4) is 0 Å². The molecule has 11 heavy (non-hydrogen) atoms. The highest BCUT2D eigenvalue weighted by molar-refractivity contribution is 4.91. The molecule has 0 spiro atoms. The van der Waals surface area contributed by atoms with Crippen molar-refractivity contribution in [3.05, 3.63) is 11.9 Å². The zero-order valence-electron chi connectivity index (χ0n) is 6.83. The molecule has 1 aromatic rings. The summed E-state index contributed by atoms with van der Waals surface area (Å²) in [6.07, 6.45) is 3.14. The Labute approximate surface area is 65.6 Å². The summed E-state index contributed by atoms with van der Waals surface area (Å²) < 4.78 is 0. The smallest absolute Gasteiger partial charge is 0.0825 e. The molecule has 0 atom stereocenters. The molecule has 0 amide bonds. The lowest BCUT2D eigenvalue weighted by molar-refractivity contribution is 0.0711. The van der Waals surface area contributed by atoms with Crippen LogP contribution in [0.4, 0.5) is 0 Å². The highest BCUT2D eigenvalue weighted by Gasteiger charge is 2.12. The summed E-state index contributed by atoms with van der Waals surface area (Å²) in [6, 6.07) is 0. The Balaban J connectivity index is 2.35. The Bertz CT molecular complexity index is 200. The molecule has 2 N–H and O–H groups in total. The lowest BCUT2D eigenvalue weighted by Crippen LogP contribution is -2.19. The molecule has 1 rings (SSSR count). The molecular weight excluding hydrogens is 142 g/mol. The Morgan fingerprint density at radius 3 is 2.82 bits per heavy atom. The van der Waals surface area contributed by atoms with E-state index in [2.05, 4.69) is 15.4 Å². The second kappa shape index (κ2) is 3.00. The molecule has 0 radical (unpaired) electrons. The Morgan fingerprint density at radius 1 is 1.64 bits per heavy atom. The average Bonchev–Trinajstić information content (AvgIpc) is 2.32. The third-order valence-corrected chi connectivity index (χ3v) is 1.46. The van der Waals surface area contributed by atoms with Crippen LogP contribution in [0.2, 0.25) is 0 Å². The van der Waals surface area contributed by atoms with Gasteiger partial charge in [-0.2, -0.15) is 15.4 Å². The van der Waals surface area contributed by atoms with Gasteiger partial charge < -0.3 is 5.11 Å². The molecule has 0 aliphatic carbocycles. The third kappa shape index (κ3) is 3.13. The van der Waals surface area contributed by atoms with Crippen LogP contribution in [-0.4, -0.2) is 26.1 Å². The molecule has 4 nitrogen and oxygen atoms in total. The highest BCUT2D eigenvalue weighted by Crippen LogP contribution is 2.10. The number of rotatable bonds is 3. The maximum atomic E-state index is 9.36. The van der Waals surface area contributed by atoms with E-state index >= 15 is 0 Å². The fourth-order valence-corrected chi connectivity index (χ4v) is 0.780. The first-order valence-electron chi connectivity index (χ1n) is 3.65. The Morgan fingerprint density at radius 2 is 2.36 bits per heavy atom. The van der Waals surface area contributed by atoms with Crippen LogP contribution in [-0.2, 0) is 6.42 Å². The number of hydrogen-bond acceptors (Lipinski definition) is 3. The van der Waals surface area contributed by atoms with Crippen LogP contribution >= 0.6 is 0 Å². The normalized spacial score (nSPS) is 11.9. The molecule has 0 saturated carbocycles. The van der Waals surface area contributed by atoms with Crippen molar-refractivity contribution in [1.29, 1.82) is 0 Å². The molecule has 4 heteroatoms. The fourth-order valence-electron chi connectivity index (χ4n) is 0.780. The second-order valence-electron chi connectivity index (χ2n) is 3.27. The standard InChI is InChI=1S/C7H13N3O/c1-7(2,11)4-3-6-5-8-10-9-6/h5,11H,3-4H2,1-2H3,(H,8,9,10). The van der Waals surface area contributed by atoms with Gasteiger partial charge in [-0.15, -0.1) is 0 Å². The van der Waals surface area contributed by atoms with Crippen molar-refractivity contribution in [1.82, 2.24) is 15.4 Å². The SMILES string of the molecule is CC(C)(O)CCc1cn[nH]n1. The van der Waals surface area contributed by atoms with Crippen molar-refractivity contribution in [2.75, 3.05) is 0 Å². The number of aryl methyl sites for hydroxylation is 1. The summed E-state index contributed by atoms with van der Waals surface area (Å²) in [5, 5.41) is 19.4. The molecule has 0 unspecified atom stereocenters. The van der Waals surface area contributed by atoms with E-state index in [-0.39, 0.29) is 0 Å². The average molecular weight is 155 g/mol. The van der Waals surface area contributed by atoms with E-state index in [0.717, 1.165) is 12.1 Å². The van der Waals surface area contributed by atoms with Gasteiger partial charge in [0, 0.05) is 0 Å². The van der Waals surface area contributed by atoms with Gasteiger partial charge in [0.05, 0.1) is 17.5 Å². The minimum absolute atomic E-state index is 0.612. The number of nitrogens with zero attached hydrogens (tertiary/aromatic N) is 2. The van der Waals surface area contributed by atoms with Crippen LogP contribution in [0.25, 0.3) is 0 Å². The van der Waals surface area contributed by atoms with Gasteiger partial charge in [-0.3, -0.25) is 0 Å². The number of nitrogens with one attached hydrogen (secondary N) is 1. The van der Waals surface area contributed by atoms with Gasteiger partial charge >= 0.3 is 0 Å². The van der Waals surface area contributed by atoms with E-state index in [0.29, 0.717) is 6.42 Å². The second-order valence-corrected chi connectivity index (χ2v) is 3.27. The zero-order valence-corrected chi connectivity index (χ0v) is 6.83. The molecule has 0 fully saturated rings. The Kier molecular flexibility index (Phi) is 2.24. The Hall–Kier alpha value is -0.900. The molecular formula is C7H13N3O. The first kappa shape index (κ1) is 8.20. The lowest BCUT2D eigenvalue weighted by Gasteiger charge is -2.15. The third-order valence-electron chi connectivity index (χ3n) is 1.46. The van der Waals surface area contributed by atoms with Crippen LogP contribution in [0.1, 0.15) is 26.0 Å². The van der Waals surface area contributed by atoms with E-state index in [9.17, 15) is 5.11 Å². The monoisotopic (exact) mass is 155 g/mol. The van der Waals surface area contributed by atoms with Crippen molar-refractivity contribution >= 4 is 0 Å². The minimum atomic E-state index is -0.612. The van der Waals surface area contributed by atoms with Crippen molar-refractivity contribution in [2.24, 2.45) is 0 Å². The molecule has 0 saturated heterocycles. The summed E-state index contributed by atoms with van der Waals surface area (Å²) in [7, 11) is 0. The number of aromatic amines is 1. The van der Waals surface area contributed by atoms with Gasteiger partial charge in [-0.1, -0.05) is 0 Å². The summed E-state index contributed by atoms with van der Waals surface area (Å²) in [6.45, 7) is 3.57. The summed E-state index contributed by atoms with van der Waals surface area (Å²) in [4.78, 5) is 0. The van der Waals surface area contributed by atoms with E-state index < -0.39 is 5.60 Å². The first-order chi connectivity index (χ1) is 5.08. The first-order valence-corrected chi connectivity index (χ1v) is 3.65. The number of aromatic nitrogens is 3. The van der Waals surface area contributed by atoms with Crippen LogP contribution in [0.5, 0.6) is 0 Å². The van der Waals surface area contributed by atoms with E-state index in [4.69, 9.17) is 0 Å². The molecule has 0 aromatic carbocycles. The van der Waals surface area contributed by atoms with Gasteiger partial charge in [0.15, 0.2) is 0 Å². The van der Waals surface area contributed by atoms with Crippen LogP contribution < -0.4 is 0 Å². The van der Waals surface area contributed by atoms with E-state index in [1.54, 1.807) is 20.0 Å². The maximum absolute atomic E-state index is 9.36. The predicted molar refractivity (Wildman–Crippen MR) is 41.0 cm³/mol. The molecule has 0 aliphatic heterocycles. The van der Waals surface area contributed by atoms with Gasteiger partial charge in [0.25, 0.3) is 0 Å². The van der Waals surface area contributed by atoms with Crippen molar-refractivity contribution < 1.29 is 5.11 Å². The topological polar surface area (TPSA) is 61.8 Å². The number of hydrogen-bond donors (Lipinski definition) is 2. The number of H-pyrrole nitrogens is 1. The number of aliphatic hydroxyl groups is 1. The van der Waals surface area contributed by atoms with Gasteiger partial charge in [0.2, 0.25) is 0 Å². The quantitative estimate of drug-likeness (QED) is 0.668. The predicted octanol–water partition coefficient (Wildman–Crippen LogP) is 0.508. The summed E-state index contributed by atoms with van der Waals surface area (Å²) in [5.41, 5.74) is 0.283. The molecule has 1 heterocycles. The highest BCUT2D eigenvalue weighted by atomic mass is 16.3. The van der Waals surface area contributed by atoms with Gasteiger partial charge in [0.1, 0.15) is 0 Å². The van der Waals surface area contributed by atoms with Crippen LogP contribution in [0.15, 0.2) is 6.20 Å². The molecule has 0 bridgehead atoms. The largest absolute Gasteiger partial charge is 0.390 e. The van der Waals surface area contributed by atoms with Gasteiger partial charge in [-0.25, -0.2) is 0 Å². The zero-order chi connectivity index (χ0) is 8.32. The maximum Gasteiger partial charge on any atom is 0.0825 e. The van der Waals surface area contributed by atoms with Gasteiger partial charge in [-0.05, 0) is 26.7 Å². The van der Waals surface area contributed by atoms with Crippen molar-refractivity contribution in [3.63, 3.8) is 0 Å². The lowest BCUT2D eigenvalue weighted by atomic mass is 10.0. The molecule has 0 aliphatic rings. The van der Waals surface area contributed by atoms with E-state index in [1.165, 1.54) is 0 Å². The summed E-state index contributed by atoms with van der Waals surface area (Å²) >= 11 is 0. The van der Waals surface area contributed by atoms with E-state index in [1.807, 2.05) is 0 Å².